The predicted molar refractivity (Wildman–Crippen MR) is 118 cm³/mol. The number of thiazole rings is 1. The molecule has 3 aromatic rings. The van der Waals surface area contributed by atoms with Crippen LogP contribution in [0.4, 0.5) is 5.69 Å². The van der Waals surface area contributed by atoms with Gasteiger partial charge in [0.1, 0.15) is 0 Å². The standard InChI is InChI=1S/C21H19Cl2N3O2S/c1-3-19-24-18(12-29-19)11-26(2)21(28)13-4-6-17(7-5-13)25-20(27)14-8-15(22)10-16(23)9-14/h4-10,12H,3,11H2,1-2H3,(H,25,27). The van der Waals surface area contributed by atoms with E-state index >= 15 is 0 Å². The Balaban J connectivity index is 1.64. The number of halogens is 2. The van der Waals surface area contributed by atoms with E-state index in [9.17, 15) is 9.59 Å². The van der Waals surface area contributed by atoms with Crippen LogP contribution >= 0.6 is 34.5 Å². The summed E-state index contributed by atoms with van der Waals surface area (Å²) in [7, 11) is 1.74. The molecule has 0 aliphatic heterocycles. The number of rotatable bonds is 6. The molecule has 5 nitrogen and oxygen atoms in total. The number of aryl methyl sites for hydroxylation is 1. The first-order valence-corrected chi connectivity index (χ1v) is 10.6. The van der Waals surface area contributed by atoms with Gasteiger partial charge in [-0.3, -0.25) is 9.59 Å². The van der Waals surface area contributed by atoms with Crippen LogP contribution in [0, 0.1) is 0 Å². The molecule has 0 saturated carbocycles. The maximum absolute atomic E-state index is 12.6. The highest BCUT2D eigenvalue weighted by atomic mass is 35.5. The maximum atomic E-state index is 12.6. The van der Waals surface area contributed by atoms with Crippen molar-refractivity contribution in [2.24, 2.45) is 0 Å². The second-order valence-corrected chi connectivity index (χ2v) is 8.25. The van der Waals surface area contributed by atoms with Crippen LogP contribution in [0.25, 0.3) is 0 Å². The van der Waals surface area contributed by atoms with E-state index in [1.807, 2.05) is 5.38 Å². The minimum atomic E-state index is -0.333. The lowest BCUT2D eigenvalue weighted by Gasteiger charge is -2.16. The molecule has 1 aromatic heterocycles. The van der Waals surface area contributed by atoms with E-state index in [4.69, 9.17) is 23.2 Å². The number of hydrogen-bond donors (Lipinski definition) is 1. The summed E-state index contributed by atoms with van der Waals surface area (Å²) in [5.74, 6) is -0.448. The van der Waals surface area contributed by atoms with Crippen molar-refractivity contribution in [3.8, 4) is 0 Å². The molecule has 3 rings (SSSR count). The summed E-state index contributed by atoms with van der Waals surface area (Å²) in [5, 5.41) is 6.57. The zero-order valence-corrected chi connectivity index (χ0v) is 18.2. The quantitative estimate of drug-likeness (QED) is 0.539. The Kier molecular flexibility index (Phi) is 6.90. The molecule has 0 bridgehead atoms. The van der Waals surface area contributed by atoms with Crippen molar-refractivity contribution in [2.75, 3.05) is 12.4 Å². The van der Waals surface area contributed by atoms with Gasteiger partial charge in [-0.2, -0.15) is 0 Å². The summed E-state index contributed by atoms with van der Waals surface area (Å²) < 4.78 is 0. The zero-order valence-electron chi connectivity index (χ0n) is 15.9. The molecule has 2 aromatic carbocycles. The summed E-state index contributed by atoms with van der Waals surface area (Å²) >= 11 is 13.5. The monoisotopic (exact) mass is 447 g/mol. The van der Waals surface area contributed by atoms with Gasteiger partial charge in [0.25, 0.3) is 11.8 Å². The molecule has 0 saturated heterocycles. The second-order valence-electron chi connectivity index (χ2n) is 6.44. The SMILES string of the molecule is CCc1nc(CN(C)C(=O)c2ccc(NC(=O)c3cc(Cl)cc(Cl)c3)cc2)cs1. The number of anilines is 1. The van der Waals surface area contributed by atoms with Crippen molar-refractivity contribution in [1.82, 2.24) is 9.88 Å². The van der Waals surface area contributed by atoms with E-state index in [1.54, 1.807) is 53.6 Å². The Hall–Kier alpha value is -2.41. The zero-order chi connectivity index (χ0) is 21.0. The van der Waals surface area contributed by atoms with Gasteiger partial charge in [-0.1, -0.05) is 30.1 Å². The number of nitrogens with zero attached hydrogens (tertiary/aromatic N) is 2. The fourth-order valence-electron chi connectivity index (χ4n) is 2.70. The van der Waals surface area contributed by atoms with Crippen LogP contribution in [-0.4, -0.2) is 28.7 Å². The normalized spacial score (nSPS) is 10.6. The molecule has 8 heteroatoms. The lowest BCUT2D eigenvalue weighted by Crippen LogP contribution is -2.26. The lowest BCUT2D eigenvalue weighted by molar-refractivity contribution is 0.0783. The molecule has 1 N–H and O–H groups in total. The van der Waals surface area contributed by atoms with Crippen LogP contribution in [0.3, 0.4) is 0 Å². The molecule has 0 fully saturated rings. The molecular weight excluding hydrogens is 429 g/mol. The van der Waals surface area contributed by atoms with Crippen molar-refractivity contribution in [3.05, 3.63) is 79.7 Å². The van der Waals surface area contributed by atoms with Crippen LogP contribution in [0.1, 0.15) is 38.3 Å². The molecule has 29 heavy (non-hydrogen) atoms. The first-order chi connectivity index (χ1) is 13.9. The molecular formula is C21H19Cl2N3O2S. The van der Waals surface area contributed by atoms with Crippen LogP contribution in [0.5, 0.6) is 0 Å². The third-order valence-electron chi connectivity index (χ3n) is 4.16. The highest BCUT2D eigenvalue weighted by molar-refractivity contribution is 7.09. The Morgan fingerprint density at radius 2 is 1.72 bits per heavy atom. The number of benzene rings is 2. The van der Waals surface area contributed by atoms with Crippen molar-refractivity contribution >= 4 is 52.0 Å². The Labute approximate surface area is 183 Å². The van der Waals surface area contributed by atoms with Crippen molar-refractivity contribution < 1.29 is 9.59 Å². The highest BCUT2D eigenvalue weighted by Crippen LogP contribution is 2.20. The summed E-state index contributed by atoms with van der Waals surface area (Å²) in [6, 6.07) is 11.4. The molecule has 0 aliphatic carbocycles. The van der Waals surface area contributed by atoms with Gasteiger partial charge in [-0.25, -0.2) is 4.98 Å². The molecule has 0 radical (unpaired) electrons. The van der Waals surface area contributed by atoms with E-state index < -0.39 is 0 Å². The topological polar surface area (TPSA) is 62.3 Å². The Morgan fingerprint density at radius 3 is 2.31 bits per heavy atom. The van der Waals surface area contributed by atoms with Gasteiger partial charge in [-0.05, 0) is 48.9 Å². The van der Waals surface area contributed by atoms with Crippen LogP contribution < -0.4 is 5.32 Å². The Morgan fingerprint density at radius 1 is 1.07 bits per heavy atom. The molecule has 0 spiro atoms. The number of hydrogen-bond acceptors (Lipinski definition) is 4. The first-order valence-electron chi connectivity index (χ1n) is 8.92. The molecule has 0 aliphatic rings. The van der Waals surface area contributed by atoms with E-state index in [-0.39, 0.29) is 11.8 Å². The number of carbonyl (C=O) groups excluding carboxylic acids is 2. The summed E-state index contributed by atoms with van der Waals surface area (Å²) in [4.78, 5) is 31.1. The summed E-state index contributed by atoms with van der Waals surface area (Å²) in [6.07, 6.45) is 0.886. The number of nitrogens with one attached hydrogen (secondary N) is 1. The average molecular weight is 448 g/mol. The predicted octanol–water partition coefficient (Wildman–Crippen LogP) is 5.54. The van der Waals surface area contributed by atoms with E-state index in [2.05, 4.69) is 17.2 Å². The van der Waals surface area contributed by atoms with Gasteiger partial charge < -0.3 is 10.2 Å². The minimum absolute atomic E-state index is 0.115. The largest absolute Gasteiger partial charge is 0.336 e. The third kappa shape index (κ3) is 5.56. The summed E-state index contributed by atoms with van der Waals surface area (Å²) in [5.41, 5.74) is 2.34. The smallest absolute Gasteiger partial charge is 0.255 e. The number of aromatic nitrogens is 1. The van der Waals surface area contributed by atoms with E-state index in [0.717, 1.165) is 17.1 Å². The van der Waals surface area contributed by atoms with Gasteiger partial charge in [-0.15, -0.1) is 11.3 Å². The van der Waals surface area contributed by atoms with Crippen molar-refractivity contribution in [1.29, 1.82) is 0 Å². The molecule has 150 valence electrons. The molecule has 0 atom stereocenters. The molecule has 0 unspecified atom stereocenters. The van der Waals surface area contributed by atoms with Crippen molar-refractivity contribution in [3.63, 3.8) is 0 Å². The van der Waals surface area contributed by atoms with Gasteiger partial charge in [0.05, 0.1) is 17.2 Å². The highest BCUT2D eigenvalue weighted by Gasteiger charge is 2.14. The minimum Gasteiger partial charge on any atom is -0.336 e. The van der Waals surface area contributed by atoms with Crippen LogP contribution in [0.2, 0.25) is 10.0 Å². The first kappa shape index (κ1) is 21.3. The molecule has 1 heterocycles. The van der Waals surface area contributed by atoms with Crippen molar-refractivity contribution in [2.45, 2.75) is 19.9 Å². The van der Waals surface area contributed by atoms with Crippen LogP contribution in [-0.2, 0) is 13.0 Å². The second kappa shape index (κ2) is 9.39. The van der Waals surface area contributed by atoms with Gasteiger partial charge >= 0.3 is 0 Å². The van der Waals surface area contributed by atoms with Crippen LogP contribution in [0.15, 0.2) is 47.8 Å². The summed E-state index contributed by atoms with van der Waals surface area (Å²) in [6.45, 7) is 2.50. The lowest BCUT2D eigenvalue weighted by atomic mass is 10.1. The average Bonchev–Trinajstić information content (AvgIpc) is 3.14. The fourth-order valence-corrected chi connectivity index (χ4v) is 3.97. The molecule has 2 amide bonds. The van der Waals surface area contributed by atoms with E-state index in [0.29, 0.717) is 33.4 Å². The van der Waals surface area contributed by atoms with Gasteiger partial charge in [0.2, 0.25) is 0 Å². The third-order valence-corrected chi connectivity index (χ3v) is 5.64. The fraction of sp³-hybridized carbons (Fsp3) is 0.190. The number of carbonyl (C=O) groups is 2. The Bertz CT molecular complexity index is 1010. The number of amides is 2. The van der Waals surface area contributed by atoms with Gasteiger partial charge in [0.15, 0.2) is 0 Å². The van der Waals surface area contributed by atoms with Gasteiger partial charge in [0, 0.05) is 39.3 Å². The maximum Gasteiger partial charge on any atom is 0.255 e. The van der Waals surface area contributed by atoms with E-state index in [1.165, 1.54) is 12.1 Å².